The lowest BCUT2D eigenvalue weighted by molar-refractivity contribution is -0.176. The summed E-state index contributed by atoms with van der Waals surface area (Å²) in [6, 6.07) is 0. The van der Waals surface area contributed by atoms with Crippen molar-refractivity contribution >= 4 is 89.5 Å². The van der Waals surface area contributed by atoms with Crippen LogP contribution in [0.4, 0.5) is 0 Å². The van der Waals surface area contributed by atoms with Crippen molar-refractivity contribution in [2.75, 3.05) is 107 Å². The lowest BCUT2D eigenvalue weighted by atomic mass is 9.55. The van der Waals surface area contributed by atoms with E-state index < -0.39 is 248 Å². The zero-order chi connectivity index (χ0) is 84.4. The maximum atomic E-state index is 14.9. The fourth-order valence-corrected chi connectivity index (χ4v) is 19.0. The van der Waals surface area contributed by atoms with E-state index in [1.165, 1.54) is 118 Å². The lowest BCUT2D eigenvalue weighted by Gasteiger charge is -2.47. The fraction of sp³-hybridized carbons (Fsp3) is 0.805. The van der Waals surface area contributed by atoms with E-state index in [2.05, 4.69) is 0 Å². The second kappa shape index (κ2) is 37.4. The number of hydrogen-bond donors (Lipinski definition) is 0. The van der Waals surface area contributed by atoms with Crippen LogP contribution in [0.15, 0.2) is 0 Å². The molecule has 14 atom stereocenters. The average molecular weight is 1530 g/mol. The highest BCUT2D eigenvalue weighted by atomic mass is 16.6. The number of carbonyl (C=O) groups excluding carboxylic acids is 15. The SMILES string of the molecule is CCC(C)(CC(C)(CC(C)(CC(C)(CC(C)(CC(C)(CC(C)(CC(C)(CC(C)(CC(C)(CC(C)(CC(C)(CC(C)(CC(C)(CC(C)(C)C(=O)OC)C(=O)OC)C(=O)OC)C(=O)OC)C(=O)OC)C(=O)OC)C(=O)OC)C(=O)OC)C(=O)OC)C(=O)OC)C(=O)OC)C(=O)OC)C(=O)OC)C(=O)OC)C(=O)OC. The van der Waals surface area contributed by atoms with Gasteiger partial charge in [0.2, 0.25) is 0 Å². The second-order valence-electron chi connectivity index (χ2n) is 33.9. The smallest absolute Gasteiger partial charge is 0.311 e. The van der Waals surface area contributed by atoms with Crippen LogP contribution < -0.4 is 0 Å². The standard InChI is InChI=1S/C77H126O30/c1-33-64(4,49(79)94-19)35-66(6,51(81)96-21)37-68(8,53(83)98-23)39-70(10,55(85)100-25)41-72(12,57(87)102-27)43-74(14,59(89)104-29)45-76(16,61(91)106-31)47-77(17,62(92)107-32)46-75(15,60(90)105-30)44-73(13,58(88)103-28)42-71(11,56(86)101-26)40-69(9,54(84)99-24)38-67(7,52(82)97-22)36-65(5,50(80)95-20)34-63(2,3)48(78)93-18/h33-47H2,1-32H3. The molecule has 107 heavy (non-hydrogen) atoms. The molecule has 0 heterocycles. The molecule has 0 aromatic rings. The predicted octanol–water partition coefficient (Wildman–Crippen LogP) is 9.57. The molecule has 0 bridgehead atoms. The second-order valence-corrected chi connectivity index (χ2v) is 33.9. The number of hydrogen-bond acceptors (Lipinski definition) is 30. The third kappa shape index (κ3) is 22.8. The Bertz CT molecular complexity index is 3270. The Morgan fingerprint density at radius 3 is 0.327 bits per heavy atom. The number of methoxy groups -OCH3 is 15. The van der Waals surface area contributed by atoms with Gasteiger partial charge in [0, 0.05) is 0 Å². The van der Waals surface area contributed by atoms with Gasteiger partial charge in [-0.15, -0.1) is 0 Å². The highest BCUT2D eigenvalue weighted by Crippen LogP contribution is 2.60. The van der Waals surface area contributed by atoms with Crippen molar-refractivity contribution in [3.8, 4) is 0 Å². The first-order chi connectivity index (χ1) is 48.7. The van der Waals surface area contributed by atoms with Gasteiger partial charge >= 0.3 is 89.5 Å². The third-order valence-corrected chi connectivity index (χ3v) is 22.0. The van der Waals surface area contributed by atoms with Crippen LogP contribution in [0.1, 0.15) is 214 Å². The van der Waals surface area contributed by atoms with Crippen LogP contribution in [0.3, 0.4) is 0 Å². The summed E-state index contributed by atoms with van der Waals surface area (Å²) < 4.78 is 80.5. The highest BCUT2D eigenvalue weighted by molar-refractivity contribution is 5.89. The lowest BCUT2D eigenvalue weighted by Crippen LogP contribution is -2.51. The summed E-state index contributed by atoms with van der Waals surface area (Å²) in [5.74, 6) is -14.1. The molecule has 0 aromatic carbocycles. The first-order valence-corrected chi connectivity index (χ1v) is 35.0. The minimum Gasteiger partial charge on any atom is -0.469 e. The normalized spacial score (nSPS) is 19.5. The quantitative estimate of drug-likeness (QED) is 0.0404. The third-order valence-electron chi connectivity index (χ3n) is 22.0. The van der Waals surface area contributed by atoms with Crippen LogP contribution >= 0.6 is 0 Å². The Kier molecular flexibility index (Phi) is 34.7. The molecular weight excluding hydrogens is 1400 g/mol. The first-order valence-electron chi connectivity index (χ1n) is 35.0. The van der Waals surface area contributed by atoms with Crippen LogP contribution in [0.5, 0.6) is 0 Å². The number of rotatable bonds is 44. The Hall–Kier alpha value is -7.95. The topological polar surface area (TPSA) is 394 Å². The maximum Gasteiger partial charge on any atom is 0.311 e. The molecular formula is C77H126O30. The van der Waals surface area contributed by atoms with Crippen molar-refractivity contribution in [2.45, 2.75) is 214 Å². The van der Waals surface area contributed by atoms with Crippen LogP contribution in [-0.2, 0) is 143 Å². The molecule has 0 aromatic heterocycles. The van der Waals surface area contributed by atoms with Gasteiger partial charge in [0.25, 0.3) is 0 Å². The highest BCUT2D eigenvalue weighted by Gasteiger charge is 2.63. The van der Waals surface area contributed by atoms with Gasteiger partial charge in [-0.05, 0) is 207 Å². The Morgan fingerprint density at radius 2 is 0.234 bits per heavy atom. The molecule has 0 aliphatic heterocycles. The predicted molar refractivity (Wildman–Crippen MR) is 382 cm³/mol. The largest absolute Gasteiger partial charge is 0.469 e. The molecule has 0 radical (unpaired) electrons. The van der Waals surface area contributed by atoms with Gasteiger partial charge in [-0.25, -0.2) is 0 Å². The summed E-state index contributed by atoms with van der Waals surface area (Å²) in [7, 11) is 16.1. The first kappa shape index (κ1) is 99.0. The molecule has 0 saturated carbocycles. The van der Waals surface area contributed by atoms with E-state index in [9.17, 15) is 71.9 Å². The molecule has 0 amide bonds. The molecule has 614 valence electrons. The minimum atomic E-state index is -2.11. The van der Waals surface area contributed by atoms with Crippen LogP contribution in [0, 0.1) is 81.2 Å². The number of carbonyl (C=O) groups is 15. The van der Waals surface area contributed by atoms with Crippen molar-refractivity contribution in [2.24, 2.45) is 81.2 Å². The van der Waals surface area contributed by atoms with Crippen molar-refractivity contribution in [1.82, 2.24) is 0 Å². The summed E-state index contributed by atoms with van der Waals surface area (Å²) in [6.45, 7) is 24.4. The summed E-state index contributed by atoms with van der Waals surface area (Å²) in [6.07, 6.45) is -7.43. The van der Waals surface area contributed by atoms with Crippen LogP contribution in [0.2, 0.25) is 0 Å². The van der Waals surface area contributed by atoms with Gasteiger partial charge in [-0.1, -0.05) is 6.92 Å². The molecule has 0 fully saturated rings. The maximum absolute atomic E-state index is 14.9. The summed E-state index contributed by atoms with van der Waals surface area (Å²) in [5.41, 5.74) is -28.2. The van der Waals surface area contributed by atoms with E-state index in [4.69, 9.17) is 71.1 Å². The number of esters is 15. The van der Waals surface area contributed by atoms with Gasteiger partial charge in [0.15, 0.2) is 0 Å². The van der Waals surface area contributed by atoms with Crippen LogP contribution in [0.25, 0.3) is 0 Å². The van der Waals surface area contributed by atoms with Gasteiger partial charge in [-0.3, -0.25) is 71.9 Å². The monoisotopic (exact) mass is 1530 g/mol. The zero-order valence-corrected chi connectivity index (χ0v) is 69.9. The van der Waals surface area contributed by atoms with Gasteiger partial charge < -0.3 is 71.1 Å². The molecule has 30 nitrogen and oxygen atoms in total. The molecule has 0 aliphatic rings. The summed E-state index contributed by atoms with van der Waals surface area (Å²) in [4.78, 5) is 217. The fourth-order valence-electron chi connectivity index (χ4n) is 19.0. The van der Waals surface area contributed by atoms with Gasteiger partial charge in [0.05, 0.1) is 188 Å². The molecule has 0 N–H and O–H groups in total. The molecule has 0 saturated heterocycles. The Balaban J connectivity index is 8.96. The Morgan fingerprint density at radius 1 is 0.150 bits per heavy atom. The van der Waals surface area contributed by atoms with E-state index in [1.54, 1.807) is 13.8 Å². The van der Waals surface area contributed by atoms with E-state index in [0.29, 0.717) is 0 Å². The molecule has 0 aliphatic carbocycles. The van der Waals surface area contributed by atoms with E-state index >= 15 is 0 Å². The van der Waals surface area contributed by atoms with E-state index in [0.717, 1.165) is 92.4 Å². The van der Waals surface area contributed by atoms with E-state index in [1.807, 2.05) is 0 Å². The van der Waals surface area contributed by atoms with Gasteiger partial charge in [0.1, 0.15) is 0 Å². The van der Waals surface area contributed by atoms with Crippen LogP contribution in [-0.4, -0.2) is 196 Å². The van der Waals surface area contributed by atoms with Crippen molar-refractivity contribution < 1.29 is 143 Å². The van der Waals surface area contributed by atoms with Crippen molar-refractivity contribution in [3.63, 3.8) is 0 Å². The summed E-state index contributed by atoms with van der Waals surface area (Å²) in [5, 5.41) is 0. The molecule has 0 rings (SSSR count). The van der Waals surface area contributed by atoms with E-state index in [-0.39, 0.29) is 19.3 Å². The summed E-state index contributed by atoms with van der Waals surface area (Å²) >= 11 is 0. The Labute approximate surface area is 632 Å². The number of ether oxygens (including phenoxy) is 15. The molecule has 0 spiro atoms. The van der Waals surface area contributed by atoms with Crippen molar-refractivity contribution in [3.05, 3.63) is 0 Å². The minimum absolute atomic E-state index is 0.178. The zero-order valence-electron chi connectivity index (χ0n) is 69.9. The van der Waals surface area contributed by atoms with Crippen molar-refractivity contribution in [1.29, 1.82) is 0 Å². The van der Waals surface area contributed by atoms with Gasteiger partial charge in [-0.2, -0.15) is 0 Å². The molecule has 14 unspecified atom stereocenters. The average Bonchev–Trinajstić information content (AvgIpc) is 0.756. The molecule has 30 heteroatoms.